The van der Waals surface area contributed by atoms with Crippen LogP contribution < -0.4 is 5.32 Å². The molecule has 2 N–H and O–H groups in total. The van der Waals surface area contributed by atoms with Gasteiger partial charge in [0.2, 0.25) is 0 Å². The van der Waals surface area contributed by atoms with Crippen LogP contribution in [0.25, 0.3) is 0 Å². The van der Waals surface area contributed by atoms with Crippen LogP contribution in [0.1, 0.15) is 19.0 Å². The van der Waals surface area contributed by atoms with E-state index < -0.39 is 0 Å². The summed E-state index contributed by atoms with van der Waals surface area (Å²) in [5, 5.41) is 12.5. The lowest BCUT2D eigenvalue weighted by Crippen LogP contribution is -2.25. The number of pyridine rings is 1. The number of aliphatic hydroxyl groups excluding tert-OH is 1. The number of nitrogens with zero attached hydrogens (tertiary/aromatic N) is 2. The van der Waals surface area contributed by atoms with Crippen molar-refractivity contribution in [2.24, 2.45) is 0 Å². The molecule has 0 unspecified atom stereocenters. The Bertz CT molecular complexity index is 347. The Morgan fingerprint density at radius 1 is 1.47 bits per heavy atom. The van der Waals surface area contributed by atoms with Gasteiger partial charge in [0.1, 0.15) is 5.82 Å². The summed E-state index contributed by atoms with van der Waals surface area (Å²) < 4.78 is 0. The molecule has 0 amide bonds. The summed E-state index contributed by atoms with van der Waals surface area (Å²) in [7, 11) is 1.84. The first-order valence-corrected chi connectivity index (χ1v) is 6.25. The average Bonchev–Trinajstić information content (AvgIpc) is 2.36. The van der Waals surface area contributed by atoms with E-state index in [1.54, 1.807) is 0 Å². The molecule has 0 saturated heterocycles. The van der Waals surface area contributed by atoms with E-state index in [-0.39, 0.29) is 6.61 Å². The number of hydrogen-bond acceptors (Lipinski definition) is 4. The number of rotatable bonds is 7. The monoisotopic (exact) mass is 257 g/mol. The second-order valence-corrected chi connectivity index (χ2v) is 4.23. The lowest BCUT2D eigenvalue weighted by molar-refractivity contribution is 0.224. The summed E-state index contributed by atoms with van der Waals surface area (Å²) in [4.78, 5) is 6.65. The van der Waals surface area contributed by atoms with Gasteiger partial charge in [-0.3, -0.25) is 4.90 Å². The number of halogens is 1. The first-order valence-electron chi connectivity index (χ1n) is 5.87. The fourth-order valence-corrected chi connectivity index (χ4v) is 1.75. The van der Waals surface area contributed by atoms with E-state index in [1.165, 1.54) is 0 Å². The molecule has 17 heavy (non-hydrogen) atoms. The second-order valence-electron chi connectivity index (χ2n) is 3.82. The van der Waals surface area contributed by atoms with Crippen molar-refractivity contribution < 1.29 is 5.11 Å². The third-order valence-corrected chi connectivity index (χ3v) is 2.97. The molecular weight excluding hydrogens is 238 g/mol. The molecule has 1 heterocycles. The van der Waals surface area contributed by atoms with E-state index in [1.807, 2.05) is 19.2 Å². The van der Waals surface area contributed by atoms with Crippen molar-refractivity contribution in [1.29, 1.82) is 0 Å². The van der Waals surface area contributed by atoms with Crippen LogP contribution in [-0.4, -0.2) is 41.7 Å². The smallest absolute Gasteiger partial charge is 0.126 e. The molecule has 0 atom stereocenters. The summed E-state index contributed by atoms with van der Waals surface area (Å²) in [6.45, 7) is 4.79. The number of aliphatic hydroxyl groups is 1. The molecule has 0 radical (unpaired) electrons. The van der Waals surface area contributed by atoms with E-state index >= 15 is 0 Å². The molecular formula is C12H20ClN3O. The first kappa shape index (κ1) is 14.2. The van der Waals surface area contributed by atoms with Crippen molar-refractivity contribution in [1.82, 2.24) is 9.88 Å². The van der Waals surface area contributed by atoms with E-state index in [0.717, 1.165) is 31.0 Å². The summed E-state index contributed by atoms with van der Waals surface area (Å²) in [5.41, 5.74) is 0.873. The Hall–Kier alpha value is -0.840. The molecule has 4 nitrogen and oxygen atoms in total. The van der Waals surface area contributed by atoms with Crippen LogP contribution in [0.5, 0.6) is 0 Å². The quantitative estimate of drug-likeness (QED) is 0.784. The Balaban J connectivity index is 2.70. The van der Waals surface area contributed by atoms with Crippen LogP contribution in [0.4, 0.5) is 5.82 Å². The Morgan fingerprint density at radius 2 is 2.24 bits per heavy atom. The highest BCUT2D eigenvalue weighted by Gasteiger charge is 2.08. The normalized spacial score (nSPS) is 10.9. The van der Waals surface area contributed by atoms with Gasteiger partial charge in [-0.15, -0.1) is 0 Å². The van der Waals surface area contributed by atoms with Gasteiger partial charge < -0.3 is 10.4 Å². The highest BCUT2D eigenvalue weighted by Crippen LogP contribution is 2.18. The van der Waals surface area contributed by atoms with Crippen molar-refractivity contribution in [3.63, 3.8) is 0 Å². The zero-order chi connectivity index (χ0) is 12.7. The second kappa shape index (κ2) is 7.48. The van der Waals surface area contributed by atoms with E-state index in [0.29, 0.717) is 11.6 Å². The molecule has 1 rings (SSSR count). The predicted molar refractivity (Wildman–Crippen MR) is 71.4 cm³/mol. The van der Waals surface area contributed by atoms with Crippen LogP contribution in [0.3, 0.4) is 0 Å². The van der Waals surface area contributed by atoms with E-state index in [2.05, 4.69) is 22.1 Å². The first-order chi connectivity index (χ1) is 8.21. The fourth-order valence-electron chi connectivity index (χ4n) is 1.59. The van der Waals surface area contributed by atoms with Crippen molar-refractivity contribution in [3.05, 3.63) is 22.8 Å². The SMILES string of the molecule is CCN(CCCO)Cc1nc(NC)ccc1Cl. The molecule has 1 aromatic heterocycles. The van der Waals surface area contributed by atoms with Gasteiger partial charge in [0.15, 0.2) is 0 Å². The maximum atomic E-state index is 8.84. The van der Waals surface area contributed by atoms with E-state index in [4.69, 9.17) is 16.7 Å². The van der Waals surface area contributed by atoms with Gasteiger partial charge in [-0.1, -0.05) is 18.5 Å². The summed E-state index contributed by atoms with van der Waals surface area (Å²) in [5.74, 6) is 0.822. The van der Waals surface area contributed by atoms with Gasteiger partial charge in [0, 0.05) is 26.7 Å². The van der Waals surface area contributed by atoms with E-state index in [9.17, 15) is 0 Å². The van der Waals surface area contributed by atoms with Gasteiger partial charge >= 0.3 is 0 Å². The number of anilines is 1. The van der Waals surface area contributed by atoms with Crippen LogP contribution in [0, 0.1) is 0 Å². The number of nitrogens with one attached hydrogen (secondary N) is 1. The lowest BCUT2D eigenvalue weighted by Gasteiger charge is -2.20. The van der Waals surface area contributed by atoms with Crippen LogP contribution in [0.2, 0.25) is 5.02 Å². The van der Waals surface area contributed by atoms with Gasteiger partial charge in [-0.2, -0.15) is 0 Å². The molecule has 0 aliphatic heterocycles. The minimum Gasteiger partial charge on any atom is -0.396 e. The molecule has 0 fully saturated rings. The molecule has 0 aromatic carbocycles. The summed E-state index contributed by atoms with van der Waals surface area (Å²) in [6, 6.07) is 3.71. The van der Waals surface area contributed by atoms with Gasteiger partial charge in [-0.25, -0.2) is 4.98 Å². The van der Waals surface area contributed by atoms with Crippen LogP contribution in [0.15, 0.2) is 12.1 Å². The topological polar surface area (TPSA) is 48.4 Å². The van der Waals surface area contributed by atoms with Crippen LogP contribution >= 0.6 is 11.6 Å². The maximum Gasteiger partial charge on any atom is 0.126 e. The van der Waals surface area contributed by atoms with Crippen molar-refractivity contribution in [2.75, 3.05) is 32.1 Å². The lowest BCUT2D eigenvalue weighted by atomic mass is 10.3. The number of hydrogen-bond donors (Lipinski definition) is 2. The molecule has 96 valence electrons. The predicted octanol–water partition coefficient (Wildman–Crippen LogP) is 1.98. The summed E-state index contributed by atoms with van der Waals surface area (Å²) in [6.07, 6.45) is 0.775. The molecule has 0 aliphatic rings. The Kier molecular flexibility index (Phi) is 6.26. The standard InChI is InChI=1S/C12H20ClN3O/c1-3-16(7-4-8-17)9-11-10(13)5-6-12(14-2)15-11/h5-6,17H,3-4,7-9H2,1-2H3,(H,14,15). The van der Waals surface area contributed by atoms with Gasteiger partial charge in [0.05, 0.1) is 10.7 Å². The Labute approximate surface area is 108 Å². The van der Waals surface area contributed by atoms with Crippen LogP contribution in [-0.2, 0) is 6.54 Å². The largest absolute Gasteiger partial charge is 0.396 e. The highest BCUT2D eigenvalue weighted by atomic mass is 35.5. The molecule has 0 bridgehead atoms. The highest BCUT2D eigenvalue weighted by molar-refractivity contribution is 6.31. The van der Waals surface area contributed by atoms with Gasteiger partial charge in [0.25, 0.3) is 0 Å². The zero-order valence-electron chi connectivity index (χ0n) is 10.4. The van der Waals surface area contributed by atoms with Gasteiger partial charge in [-0.05, 0) is 25.1 Å². The minimum atomic E-state index is 0.216. The molecule has 0 aliphatic carbocycles. The maximum absolute atomic E-state index is 8.84. The van der Waals surface area contributed by atoms with Crippen molar-refractivity contribution in [3.8, 4) is 0 Å². The molecule has 0 spiro atoms. The molecule has 5 heteroatoms. The average molecular weight is 258 g/mol. The molecule has 1 aromatic rings. The van der Waals surface area contributed by atoms with Crippen molar-refractivity contribution >= 4 is 17.4 Å². The minimum absolute atomic E-state index is 0.216. The third kappa shape index (κ3) is 4.50. The fraction of sp³-hybridized carbons (Fsp3) is 0.583. The number of aromatic nitrogens is 1. The summed E-state index contributed by atoms with van der Waals surface area (Å²) >= 11 is 6.12. The Morgan fingerprint density at radius 3 is 2.82 bits per heavy atom. The molecule has 0 saturated carbocycles. The third-order valence-electron chi connectivity index (χ3n) is 2.63. The zero-order valence-corrected chi connectivity index (χ0v) is 11.2. The van der Waals surface area contributed by atoms with Crippen molar-refractivity contribution in [2.45, 2.75) is 19.9 Å².